The van der Waals surface area contributed by atoms with Crippen molar-refractivity contribution < 1.29 is 43.5 Å². The number of hydrogen-bond donors (Lipinski definition) is 4. The zero-order valence-corrected chi connectivity index (χ0v) is 50.5. The number of nitrogen functional groups attached to an aromatic ring is 2. The van der Waals surface area contributed by atoms with E-state index >= 15 is 8.78 Å². The molecule has 2 saturated heterocycles. The van der Waals surface area contributed by atoms with Gasteiger partial charge in [-0.3, -0.25) is 19.2 Å². The predicted molar refractivity (Wildman–Crippen MR) is 322 cm³/mol. The van der Waals surface area contributed by atoms with Crippen molar-refractivity contribution in [1.82, 2.24) is 59.1 Å². The van der Waals surface area contributed by atoms with Gasteiger partial charge in [0.15, 0.2) is 11.3 Å². The zero-order valence-electron chi connectivity index (χ0n) is 47.3. The molecule has 6 N–H and O–H groups in total. The number of aromatic nitrogens is 8. The standard InChI is InChI=1S/C29H32F4N8O3S.C28H31Cl2FN8O2S/c1-39-12-14-40(15-13-39)19-7-9-20(10-8-19)41-28-25(27(34)35-17-36-28)26(37-41)18-6-11-22(21(30)16-18)38-45(42,43)24-5-3-2-4-23(24)44-29(31,32)33;1-37-11-13-38(14-12-37)18-6-8-19(9-7-18)39-28-24(27(32)33-16-34-28)25(35-39)17-5-10-23(22(31)15-17)36-42(40,41)26-20(29)3-2-4-21(26)30/h2-6,11,16-17,19-20,38H,7-10,12-15H2,1H3,(H2,34,35,36);2-5,10,15-16,18-19,36H,6-9,11-14H2,1H3,(H2,32,33,34). The smallest absolute Gasteiger partial charge is 0.404 e. The molecule has 4 aliphatic rings. The summed E-state index contributed by atoms with van der Waals surface area (Å²) in [5.74, 6) is -2.31. The second kappa shape index (κ2) is 25.2. The number of alkyl halides is 3. The Morgan fingerprint density at radius 2 is 0.966 bits per heavy atom. The summed E-state index contributed by atoms with van der Waals surface area (Å²) in [6.07, 6.45) is 5.42. The minimum absolute atomic E-state index is 0.0502. The first-order valence-corrected chi connectivity index (χ1v) is 32.0. The second-order valence-corrected chi connectivity index (χ2v) is 26.3. The summed E-state index contributed by atoms with van der Waals surface area (Å²) < 4.78 is 133. The van der Waals surface area contributed by atoms with E-state index in [4.69, 9.17) is 44.9 Å². The Kier molecular flexibility index (Phi) is 17.8. The summed E-state index contributed by atoms with van der Waals surface area (Å²) in [7, 11) is -4.63. The van der Waals surface area contributed by atoms with Gasteiger partial charge in [0.1, 0.15) is 62.9 Å². The summed E-state index contributed by atoms with van der Waals surface area (Å²) in [6, 6.07) is 17.6. The van der Waals surface area contributed by atoms with Gasteiger partial charge in [0.2, 0.25) is 0 Å². The SMILES string of the molecule is CN1CCN(C2CCC(n3nc(-c4ccc(NS(=O)(=O)c5c(Cl)cccc5Cl)c(F)c4)c4c(N)ncnc43)CC2)CC1.CN1CCN(C2CCC(n3nc(-c4ccc(NS(=O)(=O)c5ccccc5OC(F)(F)F)c(F)c4)c4c(N)ncnc43)CC2)CC1. The van der Waals surface area contributed by atoms with E-state index in [0.717, 1.165) is 122 Å². The van der Waals surface area contributed by atoms with Gasteiger partial charge in [0, 0.05) is 75.6 Å². The minimum Gasteiger partial charge on any atom is -0.404 e. The minimum atomic E-state index is -5.12. The van der Waals surface area contributed by atoms with Crippen LogP contribution in [0.15, 0.2) is 101 Å². The quantitative estimate of drug-likeness (QED) is 0.0784. The number of rotatable bonds is 13. The van der Waals surface area contributed by atoms with E-state index < -0.39 is 54.4 Å². The third-order valence-corrected chi connectivity index (χ3v) is 20.4. The Morgan fingerprint density at radius 1 is 0.552 bits per heavy atom. The maximum absolute atomic E-state index is 15.4. The van der Waals surface area contributed by atoms with E-state index in [9.17, 15) is 30.0 Å². The van der Waals surface area contributed by atoms with Crippen molar-refractivity contribution in [1.29, 1.82) is 0 Å². The normalized spacial score (nSPS) is 20.5. The molecule has 0 spiro atoms. The van der Waals surface area contributed by atoms with Crippen LogP contribution in [0, 0.1) is 11.6 Å². The van der Waals surface area contributed by atoms with Crippen LogP contribution >= 0.6 is 23.2 Å². The molecule has 4 aromatic carbocycles. The number of hydrogen-bond acceptors (Lipinski definition) is 17. The molecule has 6 heterocycles. The van der Waals surface area contributed by atoms with Crippen molar-refractivity contribution in [3.8, 4) is 28.3 Å². The highest BCUT2D eigenvalue weighted by molar-refractivity contribution is 7.93. The molecule has 0 amide bonds. The Labute approximate surface area is 508 Å². The molecule has 0 bridgehead atoms. The van der Waals surface area contributed by atoms with Crippen LogP contribution in [0.25, 0.3) is 44.6 Å². The number of fused-ring (bicyclic) bond motifs is 2. The van der Waals surface area contributed by atoms with E-state index in [1.54, 1.807) is 6.07 Å². The average molecular weight is 1280 g/mol. The number of nitrogens with one attached hydrogen (secondary N) is 2. The molecule has 2 aliphatic carbocycles. The number of nitrogens with two attached hydrogens (primary N) is 2. The van der Waals surface area contributed by atoms with Gasteiger partial charge >= 0.3 is 6.36 Å². The van der Waals surface area contributed by atoms with Gasteiger partial charge in [-0.15, -0.1) is 13.2 Å². The largest absolute Gasteiger partial charge is 0.573 e. The van der Waals surface area contributed by atoms with E-state index in [2.05, 4.69) is 63.1 Å². The molecule has 2 aliphatic heterocycles. The lowest BCUT2D eigenvalue weighted by Crippen LogP contribution is -2.49. The molecule has 0 radical (unpaired) electrons. The molecular weight excluding hydrogens is 1220 g/mol. The fraction of sp³-hybridized carbons (Fsp3) is 0.404. The fourth-order valence-electron chi connectivity index (χ4n) is 12.1. The number of likely N-dealkylation sites (N-methyl/N-ethyl adjacent to an activating group) is 2. The van der Waals surface area contributed by atoms with Gasteiger partial charge < -0.3 is 26.0 Å². The van der Waals surface area contributed by atoms with E-state index in [0.29, 0.717) is 56.7 Å². The number of ether oxygens (including phenoxy) is 1. The summed E-state index contributed by atoms with van der Waals surface area (Å²) in [5.41, 5.74) is 14.4. The highest BCUT2D eigenvalue weighted by atomic mass is 35.5. The van der Waals surface area contributed by atoms with Gasteiger partial charge in [-0.2, -0.15) is 10.2 Å². The van der Waals surface area contributed by atoms with Crippen molar-refractivity contribution in [3.63, 3.8) is 0 Å². The molecule has 462 valence electrons. The molecule has 30 heteroatoms. The molecular formula is C57H63Cl2F5N16O5S2. The van der Waals surface area contributed by atoms with Crippen LogP contribution in [0.3, 0.4) is 0 Å². The van der Waals surface area contributed by atoms with Gasteiger partial charge in [0.05, 0.1) is 44.3 Å². The molecule has 2 saturated carbocycles. The number of piperazine rings is 2. The van der Waals surface area contributed by atoms with Crippen molar-refractivity contribution in [2.24, 2.45) is 0 Å². The van der Waals surface area contributed by atoms with Crippen molar-refractivity contribution >= 4 is 88.3 Å². The maximum Gasteiger partial charge on any atom is 0.573 e. The first-order chi connectivity index (χ1) is 41.5. The Bertz CT molecular complexity index is 4040. The van der Waals surface area contributed by atoms with Crippen LogP contribution in [0.5, 0.6) is 5.75 Å². The van der Waals surface area contributed by atoms with E-state index in [1.165, 1.54) is 67.3 Å². The zero-order chi connectivity index (χ0) is 61.5. The van der Waals surface area contributed by atoms with Gasteiger partial charge in [-0.1, -0.05) is 53.5 Å². The van der Waals surface area contributed by atoms with Crippen LogP contribution in [-0.2, 0) is 20.0 Å². The third kappa shape index (κ3) is 13.4. The van der Waals surface area contributed by atoms with Crippen LogP contribution in [-0.4, -0.2) is 161 Å². The first-order valence-electron chi connectivity index (χ1n) is 28.3. The monoisotopic (exact) mass is 1280 g/mol. The third-order valence-electron chi connectivity index (χ3n) is 16.7. The highest BCUT2D eigenvalue weighted by Crippen LogP contribution is 2.41. The molecule has 4 fully saturated rings. The van der Waals surface area contributed by atoms with Crippen molar-refractivity contribution in [2.45, 2.75) is 91.7 Å². The molecule has 0 unspecified atom stereocenters. The lowest BCUT2D eigenvalue weighted by Gasteiger charge is -2.41. The summed E-state index contributed by atoms with van der Waals surface area (Å²) in [6.45, 7) is 8.58. The lowest BCUT2D eigenvalue weighted by molar-refractivity contribution is -0.275. The molecule has 87 heavy (non-hydrogen) atoms. The topological polar surface area (TPSA) is 254 Å². The molecule has 8 aromatic rings. The van der Waals surface area contributed by atoms with Crippen LogP contribution < -0.4 is 25.6 Å². The number of sulfonamides is 2. The summed E-state index contributed by atoms with van der Waals surface area (Å²) in [4.78, 5) is 26.0. The Balaban J connectivity index is 0.000000181. The highest BCUT2D eigenvalue weighted by Gasteiger charge is 2.36. The number of nitrogens with zero attached hydrogens (tertiary/aromatic N) is 12. The molecule has 21 nitrogen and oxygen atoms in total. The summed E-state index contributed by atoms with van der Waals surface area (Å²) >= 11 is 12.2. The van der Waals surface area contributed by atoms with Gasteiger partial charge in [-0.25, -0.2) is 54.9 Å². The molecule has 12 rings (SSSR count). The van der Waals surface area contributed by atoms with Crippen LogP contribution in [0.1, 0.15) is 63.5 Å². The van der Waals surface area contributed by atoms with E-state index in [-0.39, 0.29) is 44.3 Å². The lowest BCUT2D eigenvalue weighted by atomic mass is 9.90. The number of anilines is 4. The first kappa shape index (κ1) is 61.6. The Hall–Kier alpha value is -7.05. The number of para-hydroxylation sites is 1. The van der Waals surface area contributed by atoms with E-state index in [1.807, 2.05) is 14.1 Å². The predicted octanol–water partition coefficient (Wildman–Crippen LogP) is 9.70. The van der Waals surface area contributed by atoms with Crippen LogP contribution in [0.2, 0.25) is 10.0 Å². The number of halogens is 7. The second-order valence-electron chi connectivity index (χ2n) is 22.3. The fourth-order valence-corrected chi connectivity index (χ4v) is 15.5. The van der Waals surface area contributed by atoms with Gasteiger partial charge in [-0.05, 0) is 114 Å². The molecule has 4 aromatic heterocycles. The summed E-state index contributed by atoms with van der Waals surface area (Å²) in [5, 5.41) is 10.5. The van der Waals surface area contributed by atoms with Crippen LogP contribution in [0.4, 0.5) is 45.0 Å². The number of benzene rings is 4. The molecule has 0 atom stereocenters. The van der Waals surface area contributed by atoms with Crippen molar-refractivity contribution in [2.75, 3.05) is 87.4 Å². The maximum atomic E-state index is 15.4. The van der Waals surface area contributed by atoms with Crippen molar-refractivity contribution in [3.05, 3.63) is 113 Å². The Morgan fingerprint density at radius 3 is 1.39 bits per heavy atom. The average Bonchev–Trinajstić information content (AvgIpc) is 2.03. The van der Waals surface area contributed by atoms with Gasteiger partial charge in [0.25, 0.3) is 20.0 Å².